The summed E-state index contributed by atoms with van der Waals surface area (Å²) in [6.45, 7) is 0. The Balaban J connectivity index is 1.69. The number of hydrogen-bond donors (Lipinski definition) is 1. The van der Waals surface area contributed by atoms with Crippen LogP contribution in [0.25, 0.3) is 22.5 Å². The fourth-order valence-electron chi connectivity index (χ4n) is 2.84. The number of nitrogens with zero attached hydrogens (tertiary/aromatic N) is 3. The zero-order chi connectivity index (χ0) is 20.2. The van der Waals surface area contributed by atoms with Crippen LogP contribution in [-0.2, 0) is 11.2 Å². The average molecular weight is 470 g/mol. The standard InChI is InChI=1S/C21H14BrClN4O2/c22-16-4-2-1-3-14(16)11-18(28)26-21-19(17-9-10-24-12-25-17)20(27-29-21)13-5-7-15(23)8-6-13/h1-10,12H,11H2,(H,26,28). The molecule has 2 heterocycles. The summed E-state index contributed by atoms with van der Waals surface area (Å²) in [7, 11) is 0. The summed E-state index contributed by atoms with van der Waals surface area (Å²) in [5, 5.41) is 7.59. The molecule has 0 spiro atoms. The molecule has 0 aliphatic rings. The van der Waals surface area contributed by atoms with E-state index in [1.165, 1.54) is 6.33 Å². The maximum absolute atomic E-state index is 12.6. The first kappa shape index (κ1) is 19.3. The molecule has 4 aromatic rings. The van der Waals surface area contributed by atoms with E-state index in [1.807, 2.05) is 36.4 Å². The number of aromatic nitrogens is 3. The fourth-order valence-corrected chi connectivity index (χ4v) is 3.39. The van der Waals surface area contributed by atoms with E-state index >= 15 is 0 Å². The van der Waals surface area contributed by atoms with Crippen LogP contribution in [0.2, 0.25) is 5.02 Å². The van der Waals surface area contributed by atoms with Gasteiger partial charge in [0.15, 0.2) is 0 Å². The van der Waals surface area contributed by atoms with Gasteiger partial charge in [-0.1, -0.05) is 63.0 Å². The van der Waals surface area contributed by atoms with Crippen molar-refractivity contribution < 1.29 is 9.32 Å². The van der Waals surface area contributed by atoms with Crippen LogP contribution in [0.3, 0.4) is 0 Å². The number of amides is 1. The average Bonchev–Trinajstić information content (AvgIpc) is 3.14. The van der Waals surface area contributed by atoms with Gasteiger partial charge in [0.05, 0.1) is 17.7 Å². The summed E-state index contributed by atoms with van der Waals surface area (Å²) < 4.78 is 6.35. The van der Waals surface area contributed by atoms with Gasteiger partial charge in [0.25, 0.3) is 0 Å². The van der Waals surface area contributed by atoms with Crippen LogP contribution in [0.5, 0.6) is 0 Å². The van der Waals surface area contributed by atoms with Gasteiger partial charge in [-0.15, -0.1) is 0 Å². The molecular formula is C21H14BrClN4O2. The minimum atomic E-state index is -0.231. The summed E-state index contributed by atoms with van der Waals surface area (Å²) in [6, 6.07) is 16.5. The normalized spacial score (nSPS) is 10.7. The van der Waals surface area contributed by atoms with Crippen molar-refractivity contribution in [2.75, 3.05) is 5.32 Å². The monoisotopic (exact) mass is 468 g/mol. The number of hydrogen-bond acceptors (Lipinski definition) is 5. The molecule has 0 atom stereocenters. The summed E-state index contributed by atoms with van der Waals surface area (Å²) in [5.74, 6) is -0.00304. The van der Waals surface area contributed by atoms with Crippen molar-refractivity contribution in [2.45, 2.75) is 6.42 Å². The van der Waals surface area contributed by atoms with E-state index in [-0.39, 0.29) is 18.2 Å². The lowest BCUT2D eigenvalue weighted by atomic mass is 10.0. The zero-order valence-corrected chi connectivity index (χ0v) is 17.3. The van der Waals surface area contributed by atoms with E-state index in [2.05, 4.69) is 36.4 Å². The smallest absolute Gasteiger partial charge is 0.241 e. The molecule has 0 bridgehead atoms. The Bertz CT molecular complexity index is 1150. The number of anilines is 1. The van der Waals surface area contributed by atoms with Crippen LogP contribution >= 0.6 is 27.5 Å². The molecule has 0 aliphatic carbocycles. The molecule has 29 heavy (non-hydrogen) atoms. The Labute approximate surface area is 180 Å². The van der Waals surface area contributed by atoms with Crippen molar-refractivity contribution in [3.8, 4) is 22.5 Å². The molecule has 2 aromatic carbocycles. The molecule has 0 aliphatic heterocycles. The molecule has 4 rings (SSSR count). The highest BCUT2D eigenvalue weighted by Crippen LogP contribution is 2.37. The number of rotatable bonds is 5. The van der Waals surface area contributed by atoms with Crippen LogP contribution < -0.4 is 5.32 Å². The molecule has 0 saturated heterocycles. The van der Waals surface area contributed by atoms with Gasteiger partial charge >= 0.3 is 0 Å². The molecule has 8 heteroatoms. The van der Waals surface area contributed by atoms with Gasteiger partial charge in [0.1, 0.15) is 12.0 Å². The number of halogens is 2. The summed E-state index contributed by atoms with van der Waals surface area (Å²) in [6.07, 6.45) is 3.23. The third kappa shape index (κ3) is 4.36. The summed E-state index contributed by atoms with van der Waals surface area (Å²) in [4.78, 5) is 20.9. The van der Waals surface area contributed by atoms with E-state index in [0.717, 1.165) is 15.6 Å². The SMILES string of the molecule is O=C(Cc1ccccc1Br)Nc1onc(-c2ccc(Cl)cc2)c1-c1ccncn1. The van der Waals surface area contributed by atoms with Crippen LogP contribution in [0.1, 0.15) is 5.56 Å². The number of benzene rings is 2. The zero-order valence-electron chi connectivity index (χ0n) is 15.0. The van der Waals surface area contributed by atoms with Crippen LogP contribution in [0.4, 0.5) is 5.88 Å². The van der Waals surface area contributed by atoms with E-state index in [4.69, 9.17) is 16.1 Å². The van der Waals surface area contributed by atoms with Gasteiger partial charge in [0, 0.05) is 21.3 Å². The lowest BCUT2D eigenvalue weighted by molar-refractivity contribution is -0.115. The Morgan fingerprint density at radius 2 is 1.90 bits per heavy atom. The minimum Gasteiger partial charge on any atom is -0.337 e. The first-order valence-electron chi connectivity index (χ1n) is 8.67. The second-order valence-electron chi connectivity index (χ2n) is 6.15. The minimum absolute atomic E-state index is 0.182. The molecule has 0 fully saturated rings. The second-order valence-corrected chi connectivity index (χ2v) is 7.44. The maximum atomic E-state index is 12.6. The molecule has 0 saturated carbocycles. The predicted molar refractivity (Wildman–Crippen MR) is 114 cm³/mol. The van der Waals surface area contributed by atoms with Gasteiger partial charge in [-0.3, -0.25) is 10.1 Å². The molecule has 6 nitrogen and oxygen atoms in total. The Morgan fingerprint density at radius 1 is 1.10 bits per heavy atom. The van der Waals surface area contributed by atoms with Crippen LogP contribution in [0.15, 0.2) is 76.1 Å². The topological polar surface area (TPSA) is 80.9 Å². The van der Waals surface area contributed by atoms with Crippen molar-refractivity contribution in [3.05, 3.63) is 82.2 Å². The van der Waals surface area contributed by atoms with Crippen LogP contribution in [-0.4, -0.2) is 21.0 Å². The van der Waals surface area contributed by atoms with E-state index in [1.54, 1.807) is 24.4 Å². The molecular weight excluding hydrogens is 456 g/mol. The Kier molecular flexibility index (Phi) is 5.69. The summed E-state index contributed by atoms with van der Waals surface area (Å²) >= 11 is 9.45. The second kappa shape index (κ2) is 8.55. The number of carbonyl (C=O) groups is 1. The van der Waals surface area contributed by atoms with Gasteiger partial charge in [-0.05, 0) is 29.8 Å². The molecule has 0 radical (unpaired) electrons. The molecule has 0 unspecified atom stereocenters. The number of carbonyl (C=O) groups excluding carboxylic acids is 1. The summed E-state index contributed by atoms with van der Waals surface area (Å²) in [5.41, 5.74) is 3.37. The fraction of sp³-hybridized carbons (Fsp3) is 0.0476. The molecule has 1 N–H and O–H groups in total. The highest BCUT2D eigenvalue weighted by Gasteiger charge is 2.22. The van der Waals surface area contributed by atoms with Gasteiger partial charge in [-0.25, -0.2) is 9.97 Å². The first-order valence-corrected chi connectivity index (χ1v) is 9.84. The van der Waals surface area contributed by atoms with Crippen molar-refractivity contribution in [2.24, 2.45) is 0 Å². The largest absolute Gasteiger partial charge is 0.337 e. The first-order chi connectivity index (χ1) is 14.1. The maximum Gasteiger partial charge on any atom is 0.241 e. The third-order valence-electron chi connectivity index (χ3n) is 4.21. The van der Waals surface area contributed by atoms with Crippen LogP contribution in [0, 0.1) is 0 Å². The molecule has 1 amide bonds. The third-order valence-corrected chi connectivity index (χ3v) is 5.24. The van der Waals surface area contributed by atoms with Gasteiger partial charge in [-0.2, -0.15) is 0 Å². The van der Waals surface area contributed by atoms with Gasteiger partial charge < -0.3 is 4.52 Å². The van der Waals surface area contributed by atoms with E-state index < -0.39 is 0 Å². The van der Waals surface area contributed by atoms with Crippen molar-refractivity contribution in [3.63, 3.8) is 0 Å². The number of nitrogens with one attached hydrogen (secondary N) is 1. The lowest BCUT2D eigenvalue weighted by Gasteiger charge is -2.07. The van der Waals surface area contributed by atoms with Crippen molar-refractivity contribution >= 4 is 39.3 Å². The van der Waals surface area contributed by atoms with Crippen molar-refractivity contribution in [1.29, 1.82) is 0 Å². The Hall–Kier alpha value is -3.03. The quantitative estimate of drug-likeness (QED) is 0.423. The van der Waals surface area contributed by atoms with E-state index in [9.17, 15) is 4.79 Å². The van der Waals surface area contributed by atoms with Gasteiger partial charge in [0.2, 0.25) is 11.8 Å². The van der Waals surface area contributed by atoms with Crippen molar-refractivity contribution in [1.82, 2.24) is 15.1 Å². The molecule has 144 valence electrons. The molecule has 2 aromatic heterocycles. The Morgan fingerprint density at radius 3 is 2.62 bits per heavy atom. The highest BCUT2D eigenvalue weighted by molar-refractivity contribution is 9.10. The highest BCUT2D eigenvalue weighted by atomic mass is 79.9. The lowest BCUT2D eigenvalue weighted by Crippen LogP contribution is -2.14. The predicted octanol–water partition coefficient (Wildman–Crippen LogP) is 5.40. The van der Waals surface area contributed by atoms with E-state index in [0.29, 0.717) is 22.0 Å².